The van der Waals surface area contributed by atoms with Crippen LogP contribution < -0.4 is 10.6 Å². The Hall–Kier alpha value is -1.07. The normalized spacial score (nSPS) is 23.4. The molecule has 1 aromatic rings. The average molecular weight is 326 g/mol. The number of nitrogen functional groups attached to an aromatic ring is 1. The number of rotatable bonds is 3. The highest BCUT2D eigenvalue weighted by Gasteiger charge is 2.27. The van der Waals surface area contributed by atoms with Gasteiger partial charge in [0.05, 0.1) is 18.8 Å². The molecule has 0 bridgehead atoms. The number of anilines is 1. The smallest absolute Gasteiger partial charge is 0.124 e. The fourth-order valence-corrected chi connectivity index (χ4v) is 2.80. The van der Waals surface area contributed by atoms with E-state index < -0.39 is 0 Å². The van der Waals surface area contributed by atoms with E-state index in [0.29, 0.717) is 6.04 Å². The predicted molar refractivity (Wildman–Crippen MR) is 82.0 cm³/mol. The van der Waals surface area contributed by atoms with E-state index in [4.69, 9.17) is 15.9 Å². The summed E-state index contributed by atoms with van der Waals surface area (Å²) in [5.41, 5.74) is 7.51. The summed E-state index contributed by atoms with van der Waals surface area (Å²) in [6.07, 6.45) is 1.21. The molecule has 3 N–H and O–H groups in total. The molecule has 0 amide bonds. The lowest BCUT2D eigenvalue weighted by molar-refractivity contribution is 0.0299. The van der Waals surface area contributed by atoms with Crippen LogP contribution in [0.15, 0.2) is 22.7 Å². The highest BCUT2D eigenvalue weighted by molar-refractivity contribution is 9.10. The number of morpholine rings is 1. The van der Waals surface area contributed by atoms with Gasteiger partial charge in [0.15, 0.2) is 0 Å². The maximum absolute atomic E-state index is 7.74. The van der Waals surface area contributed by atoms with Crippen molar-refractivity contribution in [2.45, 2.75) is 32.4 Å². The van der Waals surface area contributed by atoms with Gasteiger partial charge in [0, 0.05) is 22.3 Å². The largest absolute Gasteiger partial charge is 0.384 e. The molecule has 0 radical (unpaired) electrons. The Balaban J connectivity index is 2.42. The zero-order chi connectivity index (χ0) is 14.0. The monoisotopic (exact) mass is 325 g/mol. The van der Waals surface area contributed by atoms with Gasteiger partial charge in [0.25, 0.3) is 0 Å². The minimum absolute atomic E-state index is 0.108. The van der Waals surface area contributed by atoms with Crippen LogP contribution in [0.2, 0.25) is 0 Å². The summed E-state index contributed by atoms with van der Waals surface area (Å²) in [7, 11) is 0. The van der Waals surface area contributed by atoms with E-state index in [1.54, 1.807) is 0 Å². The molecule has 0 saturated carbocycles. The number of nitrogens with zero attached hydrogens (tertiary/aromatic N) is 1. The molecular weight excluding hydrogens is 306 g/mol. The first-order valence-corrected chi connectivity index (χ1v) is 7.34. The molecule has 1 aliphatic heterocycles. The van der Waals surface area contributed by atoms with Gasteiger partial charge in [0.1, 0.15) is 5.84 Å². The van der Waals surface area contributed by atoms with Crippen LogP contribution in [0.3, 0.4) is 0 Å². The molecule has 1 aromatic carbocycles. The van der Waals surface area contributed by atoms with Crippen LogP contribution in [-0.2, 0) is 4.74 Å². The third kappa shape index (κ3) is 3.09. The number of hydrogen-bond acceptors (Lipinski definition) is 3. The standard InChI is InChI=1S/C14H20BrN3O/c1-3-11-8-19-9(2)7-18(11)13-6-10(15)4-5-12(13)14(16)17/h4-6,9,11H,3,7-8H2,1-2H3,(H3,16,17). The first kappa shape index (κ1) is 14.3. The lowest BCUT2D eigenvalue weighted by atomic mass is 10.1. The van der Waals surface area contributed by atoms with Gasteiger partial charge in [0.2, 0.25) is 0 Å². The molecule has 5 heteroatoms. The Bertz CT molecular complexity index is 478. The molecule has 104 valence electrons. The molecule has 1 saturated heterocycles. The zero-order valence-electron chi connectivity index (χ0n) is 11.3. The second-order valence-corrected chi connectivity index (χ2v) is 5.85. The Morgan fingerprint density at radius 3 is 2.95 bits per heavy atom. The summed E-state index contributed by atoms with van der Waals surface area (Å²) in [4.78, 5) is 2.32. The molecule has 1 heterocycles. The third-order valence-electron chi connectivity index (χ3n) is 3.50. The van der Waals surface area contributed by atoms with Gasteiger partial charge < -0.3 is 15.4 Å². The van der Waals surface area contributed by atoms with Crippen molar-refractivity contribution >= 4 is 27.5 Å². The van der Waals surface area contributed by atoms with Crippen LogP contribution in [0, 0.1) is 5.41 Å². The minimum atomic E-state index is 0.108. The van der Waals surface area contributed by atoms with Gasteiger partial charge in [-0.15, -0.1) is 0 Å². The van der Waals surface area contributed by atoms with Crippen LogP contribution >= 0.6 is 15.9 Å². The van der Waals surface area contributed by atoms with Crippen molar-refractivity contribution in [2.24, 2.45) is 5.73 Å². The van der Waals surface area contributed by atoms with Crippen molar-refractivity contribution in [1.29, 1.82) is 5.41 Å². The van der Waals surface area contributed by atoms with Gasteiger partial charge in [-0.25, -0.2) is 0 Å². The van der Waals surface area contributed by atoms with E-state index in [2.05, 4.69) is 34.7 Å². The third-order valence-corrected chi connectivity index (χ3v) is 3.99. The summed E-state index contributed by atoms with van der Waals surface area (Å²) < 4.78 is 6.73. The fourth-order valence-electron chi connectivity index (χ4n) is 2.45. The molecular formula is C14H20BrN3O. The Kier molecular flexibility index (Phi) is 4.47. The van der Waals surface area contributed by atoms with Crippen LogP contribution in [0.5, 0.6) is 0 Å². The summed E-state index contributed by atoms with van der Waals surface area (Å²) >= 11 is 3.50. The number of nitrogens with two attached hydrogens (primary N) is 1. The maximum Gasteiger partial charge on any atom is 0.124 e. The van der Waals surface area contributed by atoms with Crippen molar-refractivity contribution in [3.8, 4) is 0 Å². The number of hydrogen-bond donors (Lipinski definition) is 2. The number of benzene rings is 1. The van der Waals surface area contributed by atoms with E-state index in [1.807, 2.05) is 18.2 Å². The number of halogens is 1. The van der Waals surface area contributed by atoms with Crippen LogP contribution in [0.25, 0.3) is 0 Å². The molecule has 4 nitrogen and oxygen atoms in total. The topological polar surface area (TPSA) is 62.3 Å². The molecule has 1 fully saturated rings. The van der Waals surface area contributed by atoms with Crippen molar-refractivity contribution in [3.05, 3.63) is 28.2 Å². The van der Waals surface area contributed by atoms with E-state index in [9.17, 15) is 0 Å². The van der Waals surface area contributed by atoms with Crippen molar-refractivity contribution < 1.29 is 4.74 Å². The SMILES string of the molecule is CCC1COC(C)CN1c1cc(Br)ccc1C(=N)N. The van der Waals surface area contributed by atoms with Crippen LogP contribution in [0.1, 0.15) is 25.8 Å². The summed E-state index contributed by atoms with van der Waals surface area (Å²) in [5, 5.41) is 7.74. The molecule has 2 unspecified atom stereocenters. The first-order chi connectivity index (χ1) is 9.02. The maximum atomic E-state index is 7.74. The lowest BCUT2D eigenvalue weighted by Crippen LogP contribution is -2.49. The molecule has 19 heavy (non-hydrogen) atoms. The van der Waals surface area contributed by atoms with Crippen LogP contribution in [0.4, 0.5) is 5.69 Å². The van der Waals surface area contributed by atoms with Gasteiger partial charge >= 0.3 is 0 Å². The predicted octanol–water partition coefficient (Wildman–Crippen LogP) is 2.74. The first-order valence-electron chi connectivity index (χ1n) is 6.55. The quantitative estimate of drug-likeness (QED) is 0.663. The highest BCUT2D eigenvalue weighted by Crippen LogP contribution is 2.29. The highest BCUT2D eigenvalue weighted by atomic mass is 79.9. The fraction of sp³-hybridized carbons (Fsp3) is 0.500. The van der Waals surface area contributed by atoms with Gasteiger partial charge in [-0.05, 0) is 31.5 Å². The zero-order valence-corrected chi connectivity index (χ0v) is 12.9. The number of nitrogens with one attached hydrogen (secondary N) is 1. The molecule has 0 aromatic heterocycles. The average Bonchev–Trinajstić information content (AvgIpc) is 2.38. The van der Waals surface area contributed by atoms with E-state index in [0.717, 1.165) is 35.3 Å². The Morgan fingerprint density at radius 2 is 2.32 bits per heavy atom. The Morgan fingerprint density at radius 1 is 1.58 bits per heavy atom. The second-order valence-electron chi connectivity index (χ2n) is 4.93. The van der Waals surface area contributed by atoms with Crippen molar-refractivity contribution in [2.75, 3.05) is 18.1 Å². The minimum Gasteiger partial charge on any atom is -0.384 e. The molecule has 0 spiro atoms. The molecule has 1 aliphatic rings. The lowest BCUT2D eigenvalue weighted by Gasteiger charge is -2.40. The van der Waals surface area contributed by atoms with E-state index in [-0.39, 0.29) is 11.9 Å². The van der Waals surface area contributed by atoms with Gasteiger partial charge in [-0.3, -0.25) is 5.41 Å². The van der Waals surface area contributed by atoms with Crippen molar-refractivity contribution in [1.82, 2.24) is 0 Å². The summed E-state index contributed by atoms with van der Waals surface area (Å²) in [5.74, 6) is 0.108. The van der Waals surface area contributed by atoms with Gasteiger partial charge in [-0.2, -0.15) is 0 Å². The Labute approximate surface area is 122 Å². The summed E-state index contributed by atoms with van der Waals surface area (Å²) in [6.45, 7) is 5.78. The van der Waals surface area contributed by atoms with Crippen LogP contribution in [-0.4, -0.2) is 31.1 Å². The van der Waals surface area contributed by atoms with Gasteiger partial charge in [-0.1, -0.05) is 22.9 Å². The molecule has 2 atom stereocenters. The van der Waals surface area contributed by atoms with E-state index >= 15 is 0 Å². The molecule has 0 aliphatic carbocycles. The second kappa shape index (κ2) is 5.92. The molecule has 2 rings (SSSR count). The summed E-state index contributed by atoms with van der Waals surface area (Å²) in [6, 6.07) is 6.19. The number of amidine groups is 1. The number of ether oxygens (including phenoxy) is 1. The van der Waals surface area contributed by atoms with E-state index in [1.165, 1.54) is 0 Å². The van der Waals surface area contributed by atoms with Crippen molar-refractivity contribution in [3.63, 3.8) is 0 Å².